The third-order valence-corrected chi connectivity index (χ3v) is 4.41. The van der Waals surface area contributed by atoms with Crippen molar-refractivity contribution in [2.45, 2.75) is 26.3 Å². The minimum absolute atomic E-state index is 0.0770. The van der Waals surface area contributed by atoms with Crippen molar-refractivity contribution in [3.05, 3.63) is 35.6 Å². The van der Waals surface area contributed by atoms with Crippen molar-refractivity contribution >= 4 is 0 Å². The molecule has 1 aliphatic rings. The van der Waals surface area contributed by atoms with Crippen LogP contribution in [-0.2, 0) is 0 Å². The summed E-state index contributed by atoms with van der Waals surface area (Å²) >= 11 is 0. The summed E-state index contributed by atoms with van der Waals surface area (Å²) in [5.74, 6) is -0.0770. The molecule has 0 spiro atoms. The Morgan fingerprint density at radius 3 is 2.67 bits per heavy atom. The number of likely N-dealkylation sites (N-methyl/N-ethyl adjacent to an activating group) is 1. The van der Waals surface area contributed by atoms with Crippen LogP contribution < -0.4 is 5.32 Å². The van der Waals surface area contributed by atoms with Crippen LogP contribution in [-0.4, -0.2) is 55.6 Å². The molecule has 1 atom stereocenters. The molecule has 118 valence electrons. The van der Waals surface area contributed by atoms with Gasteiger partial charge in [-0.25, -0.2) is 4.39 Å². The molecule has 1 N–H and O–H groups in total. The van der Waals surface area contributed by atoms with Gasteiger partial charge in [0.25, 0.3) is 0 Å². The van der Waals surface area contributed by atoms with E-state index < -0.39 is 0 Å². The maximum absolute atomic E-state index is 14.3. The quantitative estimate of drug-likeness (QED) is 0.869. The fourth-order valence-electron chi connectivity index (χ4n) is 3.06. The van der Waals surface area contributed by atoms with Crippen LogP contribution in [0.15, 0.2) is 24.3 Å². The van der Waals surface area contributed by atoms with Gasteiger partial charge in [-0.15, -0.1) is 0 Å². The second-order valence-electron chi connectivity index (χ2n) is 5.66. The highest BCUT2D eigenvalue weighted by molar-refractivity contribution is 5.22. The average molecular weight is 293 g/mol. The van der Waals surface area contributed by atoms with Crippen LogP contribution in [0.5, 0.6) is 0 Å². The van der Waals surface area contributed by atoms with Crippen LogP contribution in [0.2, 0.25) is 0 Å². The van der Waals surface area contributed by atoms with Crippen LogP contribution in [0.4, 0.5) is 4.39 Å². The predicted octanol–water partition coefficient (Wildman–Crippen LogP) is 2.50. The lowest BCUT2D eigenvalue weighted by atomic mass is 10.0. The van der Waals surface area contributed by atoms with Crippen molar-refractivity contribution in [3.8, 4) is 0 Å². The zero-order valence-corrected chi connectivity index (χ0v) is 13.3. The molecule has 0 bridgehead atoms. The Balaban J connectivity index is 2.22. The number of rotatable bonds is 6. The van der Waals surface area contributed by atoms with E-state index in [4.69, 9.17) is 0 Å². The summed E-state index contributed by atoms with van der Waals surface area (Å²) in [6.45, 7) is 11.3. The molecule has 1 aromatic carbocycles. The molecule has 1 aromatic rings. The molecule has 1 fully saturated rings. The van der Waals surface area contributed by atoms with E-state index in [1.165, 1.54) is 0 Å². The lowest BCUT2D eigenvalue weighted by molar-refractivity contribution is 0.148. The van der Waals surface area contributed by atoms with Gasteiger partial charge in [0, 0.05) is 31.7 Å². The number of hydrogen-bond acceptors (Lipinski definition) is 3. The largest absolute Gasteiger partial charge is 0.315 e. The fourth-order valence-corrected chi connectivity index (χ4v) is 3.06. The Bertz CT molecular complexity index is 412. The lowest BCUT2D eigenvalue weighted by Crippen LogP contribution is -2.40. The molecule has 1 heterocycles. The van der Waals surface area contributed by atoms with Gasteiger partial charge < -0.3 is 10.2 Å². The first-order chi connectivity index (χ1) is 10.3. The maximum atomic E-state index is 14.3. The van der Waals surface area contributed by atoms with E-state index >= 15 is 0 Å². The SMILES string of the molecule is CCN(CC)CC(c1ccccc1F)N1CCCNCC1. The predicted molar refractivity (Wildman–Crippen MR) is 86.0 cm³/mol. The topological polar surface area (TPSA) is 18.5 Å². The third-order valence-electron chi connectivity index (χ3n) is 4.41. The first-order valence-corrected chi connectivity index (χ1v) is 8.17. The highest BCUT2D eigenvalue weighted by Gasteiger charge is 2.25. The highest BCUT2D eigenvalue weighted by atomic mass is 19.1. The molecule has 0 radical (unpaired) electrons. The van der Waals surface area contributed by atoms with Gasteiger partial charge >= 0.3 is 0 Å². The molecule has 0 aliphatic carbocycles. The van der Waals surface area contributed by atoms with Gasteiger partial charge in [0.15, 0.2) is 0 Å². The van der Waals surface area contributed by atoms with E-state index in [0.29, 0.717) is 0 Å². The van der Waals surface area contributed by atoms with Gasteiger partial charge in [-0.3, -0.25) is 4.90 Å². The number of hydrogen-bond donors (Lipinski definition) is 1. The van der Waals surface area contributed by atoms with Crippen LogP contribution >= 0.6 is 0 Å². The number of nitrogens with zero attached hydrogens (tertiary/aromatic N) is 2. The summed E-state index contributed by atoms with van der Waals surface area (Å²) < 4.78 is 14.3. The van der Waals surface area contributed by atoms with E-state index in [0.717, 1.165) is 57.8 Å². The molecule has 1 saturated heterocycles. The molecule has 3 nitrogen and oxygen atoms in total. The molecule has 0 aromatic heterocycles. The van der Waals surface area contributed by atoms with E-state index in [-0.39, 0.29) is 11.9 Å². The van der Waals surface area contributed by atoms with Crippen molar-refractivity contribution in [3.63, 3.8) is 0 Å². The molecule has 0 saturated carbocycles. The van der Waals surface area contributed by atoms with E-state index in [1.54, 1.807) is 12.1 Å². The van der Waals surface area contributed by atoms with Gasteiger partial charge in [-0.1, -0.05) is 32.0 Å². The second kappa shape index (κ2) is 8.47. The minimum Gasteiger partial charge on any atom is -0.315 e. The van der Waals surface area contributed by atoms with Gasteiger partial charge in [-0.2, -0.15) is 0 Å². The molecule has 4 heteroatoms. The Hall–Kier alpha value is -0.970. The smallest absolute Gasteiger partial charge is 0.128 e. The average Bonchev–Trinajstić information content (AvgIpc) is 2.79. The standard InChI is InChI=1S/C17H28FN3/c1-3-20(4-2)14-17(15-8-5-6-9-16(15)18)21-12-7-10-19-11-13-21/h5-6,8-9,17,19H,3-4,7,10-14H2,1-2H3. The number of nitrogens with one attached hydrogen (secondary N) is 1. The second-order valence-corrected chi connectivity index (χ2v) is 5.66. The number of benzene rings is 1. The van der Waals surface area contributed by atoms with Crippen molar-refractivity contribution in [2.75, 3.05) is 45.8 Å². The van der Waals surface area contributed by atoms with Gasteiger partial charge in [-0.05, 0) is 32.1 Å². The van der Waals surface area contributed by atoms with Crippen molar-refractivity contribution < 1.29 is 4.39 Å². The van der Waals surface area contributed by atoms with Crippen molar-refractivity contribution in [2.24, 2.45) is 0 Å². The normalized spacial score (nSPS) is 18.7. The molecular formula is C17H28FN3. The zero-order chi connectivity index (χ0) is 15.1. The molecule has 1 aliphatic heterocycles. The summed E-state index contributed by atoms with van der Waals surface area (Å²) in [4.78, 5) is 4.83. The van der Waals surface area contributed by atoms with Crippen LogP contribution in [0, 0.1) is 5.82 Å². The van der Waals surface area contributed by atoms with E-state index in [2.05, 4.69) is 29.0 Å². The summed E-state index contributed by atoms with van der Waals surface area (Å²) in [5.41, 5.74) is 0.839. The van der Waals surface area contributed by atoms with Crippen LogP contribution in [0.1, 0.15) is 31.9 Å². The van der Waals surface area contributed by atoms with Crippen LogP contribution in [0.25, 0.3) is 0 Å². The van der Waals surface area contributed by atoms with Crippen LogP contribution in [0.3, 0.4) is 0 Å². The molecule has 2 rings (SSSR count). The third kappa shape index (κ3) is 4.50. The highest BCUT2D eigenvalue weighted by Crippen LogP contribution is 2.25. The molecule has 0 amide bonds. The van der Waals surface area contributed by atoms with E-state index in [1.807, 2.05) is 12.1 Å². The Kier molecular flexibility index (Phi) is 6.61. The first-order valence-electron chi connectivity index (χ1n) is 8.17. The van der Waals surface area contributed by atoms with Crippen molar-refractivity contribution in [1.82, 2.24) is 15.1 Å². The lowest BCUT2D eigenvalue weighted by Gasteiger charge is -2.34. The Morgan fingerprint density at radius 2 is 1.95 bits per heavy atom. The molecular weight excluding hydrogens is 265 g/mol. The summed E-state index contributed by atoms with van der Waals surface area (Å²) in [6.07, 6.45) is 1.13. The Morgan fingerprint density at radius 1 is 1.19 bits per heavy atom. The minimum atomic E-state index is -0.0770. The van der Waals surface area contributed by atoms with E-state index in [9.17, 15) is 4.39 Å². The summed E-state index contributed by atoms with van der Waals surface area (Å²) in [6, 6.07) is 7.40. The Labute approximate surface area is 128 Å². The van der Waals surface area contributed by atoms with Gasteiger partial charge in [0.2, 0.25) is 0 Å². The first kappa shape index (κ1) is 16.4. The number of halogens is 1. The maximum Gasteiger partial charge on any atom is 0.128 e. The van der Waals surface area contributed by atoms with Gasteiger partial charge in [0.05, 0.1) is 6.04 Å². The molecule has 1 unspecified atom stereocenters. The van der Waals surface area contributed by atoms with Crippen molar-refractivity contribution in [1.29, 1.82) is 0 Å². The fraction of sp³-hybridized carbons (Fsp3) is 0.647. The summed E-state index contributed by atoms with van der Waals surface area (Å²) in [5, 5.41) is 3.43. The zero-order valence-electron chi connectivity index (χ0n) is 13.3. The molecule has 21 heavy (non-hydrogen) atoms. The monoisotopic (exact) mass is 293 g/mol. The summed E-state index contributed by atoms with van der Waals surface area (Å²) in [7, 11) is 0. The van der Waals surface area contributed by atoms with Gasteiger partial charge in [0.1, 0.15) is 5.82 Å².